The maximum atomic E-state index is 12.3. The molecule has 0 unspecified atom stereocenters. The number of carboxylic acids is 1. The van der Waals surface area contributed by atoms with E-state index in [0.29, 0.717) is 5.69 Å². The number of benzene rings is 2. The fraction of sp³-hybridized carbons (Fsp3) is 0.294. The maximum Gasteiger partial charge on any atom is 0.415 e. The number of amides is 1. The molecule has 0 bridgehead atoms. The Labute approximate surface area is 129 Å². The highest BCUT2D eigenvalue weighted by Gasteiger charge is 2.25. The molecule has 0 fully saturated rings. The van der Waals surface area contributed by atoms with Crippen LogP contribution in [0.4, 0.5) is 10.5 Å². The molecule has 2 aromatic carbocycles. The van der Waals surface area contributed by atoms with E-state index in [-0.39, 0.29) is 0 Å². The molecule has 0 spiro atoms. The smallest absolute Gasteiger partial charge is 0.415 e. The minimum atomic E-state index is -1.10. The first-order valence-corrected chi connectivity index (χ1v) is 6.97. The van der Waals surface area contributed by atoms with Gasteiger partial charge in [0.2, 0.25) is 0 Å². The lowest BCUT2D eigenvalue weighted by Crippen LogP contribution is -2.40. The molecule has 5 heteroatoms. The van der Waals surface area contributed by atoms with Crippen LogP contribution in [0.1, 0.15) is 20.8 Å². The first-order valence-electron chi connectivity index (χ1n) is 6.97. The topological polar surface area (TPSA) is 66.8 Å². The van der Waals surface area contributed by atoms with E-state index >= 15 is 0 Å². The second-order valence-corrected chi connectivity index (χ2v) is 5.99. The number of fused-ring (bicyclic) bond motifs is 1. The zero-order valence-electron chi connectivity index (χ0n) is 12.9. The van der Waals surface area contributed by atoms with Crippen molar-refractivity contribution in [3.63, 3.8) is 0 Å². The van der Waals surface area contributed by atoms with E-state index in [1.807, 2.05) is 30.3 Å². The van der Waals surface area contributed by atoms with E-state index in [1.165, 1.54) is 0 Å². The van der Waals surface area contributed by atoms with Crippen LogP contribution in [0.2, 0.25) is 0 Å². The van der Waals surface area contributed by atoms with Crippen LogP contribution in [-0.2, 0) is 9.53 Å². The van der Waals surface area contributed by atoms with Gasteiger partial charge in [-0.1, -0.05) is 30.3 Å². The van der Waals surface area contributed by atoms with Gasteiger partial charge >= 0.3 is 12.1 Å². The number of hydrogen-bond acceptors (Lipinski definition) is 3. The highest BCUT2D eigenvalue weighted by molar-refractivity contribution is 5.96. The summed E-state index contributed by atoms with van der Waals surface area (Å²) in [6.07, 6.45) is -0.676. The molecule has 22 heavy (non-hydrogen) atoms. The van der Waals surface area contributed by atoms with Crippen molar-refractivity contribution < 1.29 is 19.4 Å². The number of hydrogen-bond donors (Lipinski definition) is 1. The van der Waals surface area contributed by atoms with Crippen molar-refractivity contribution in [3.05, 3.63) is 42.5 Å². The molecule has 0 saturated heterocycles. The van der Waals surface area contributed by atoms with E-state index in [9.17, 15) is 9.59 Å². The van der Waals surface area contributed by atoms with Crippen LogP contribution in [-0.4, -0.2) is 29.3 Å². The number of rotatable bonds is 3. The summed E-state index contributed by atoms with van der Waals surface area (Å²) in [6.45, 7) is 4.77. The largest absolute Gasteiger partial charge is 0.480 e. The van der Waals surface area contributed by atoms with Gasteiger partial charge in [-0.15, -0.1) is 0 Å². The van der Waals surface area contributed by atoms with Crippen molar-refractivity contribution >= 4 is 28.5 Å². The minimum Gasteiger partial charge on any atom is -0.480 e. The van der Waals surface area contributed by atoms with Gasteiger partial charge < -0.3 is 9.84 Å². The molecule has 0 atom stereocenters. The summed E-state index contributed by atoms with van der Waals surface area (Å²) in [5, 5.41) is 11.0. The Morgan fingerprint density at radius 3 is 2.32 bits per heavy atom. The highest BCUT2D eigenvalue weighted by Crippen LogP contribution is 2.23. The monoisotopic (exact) mass is 301 g/mol. The van der Waals surface area contributed by atoms with Crippen molar-refractivity contribution in [1.29, 1.82) is 0 Å². The molecule has 2 rings (SSSR count). The van der Waals surface area contributed by atoms with Crippen molar-refractivity contribution in [3.8, 4) is 0 Å². The lowest BCUT2D eigenvalue weighted by molar-refractivity contribution is -0.135. The van der Waals surface area contributed by atoms with Crippen LogP contribution in [0.15, 0.2) is 42.5 Å². The average Bonchev–Trinajstić information content (AvgIpc) is 2.42. The van der Waals surface area contributed by atoms with E-state index in [2.05, 4.69) is 0 Å². The molecule has 116 valence electrons. The van der Waals surface area contributed by atoms with Gasteiger partial charge in [0, 0.05) is 5.69 Å². The third-order valence-corrected chi connectivity index (χ3v) is 2.95. The number of ether oxygens (including phenoxy) is 1. The fourth-order valence-corrected chi connectivity index (χ4v) is 2.06. The van der Waals surface area contributed by atoms with Crippen LogP contribution >= 0.6 is 0 Å². The Bertz CT molecular complexity index is 703. The number of carbonyl (C=O) groups excluding carboxylic acids is 1. The first kappa shape index (κ1) is 15.8. The average molecular weight is 301 g/mol. The number of nitrogens with zero attached hydrogens (tertiary/aromatic N) is 1. The second kappa shape index (κ2) is 6.05. The van der Waals surface area contributed by atoms with E-state index in [1.54, 1.807) is 32.9 Å². The first-order chi connectivity index (χ1) is 10.3. The summed E-state index contributed by atoms with van der Waals surface area (Å²) in [5.41, 5.74) is -0.194. The third kappa shape index (κ3) is 3.97. The minimum absolute atomic E-state index is 0.451. The van der Waals surface area contributed by atoms with Gasteiger partial charge in [0.1, 0.15) is 12.1 Å². The summed E-state index contributed by atoms with van der Waals surface area (Å²) in [5.74, 6) is -1.10. The lowest BCUT2D eigenvalue weighted by Gasteiger charge is -2.26. The summed E-state index contributed by atoms with van der Waals surface area (Å²) in [4.78, 5) is 24.5. The molecule has 0 aliphatic carbocycles. The third-order valence-electron chi connectivity index (χ3n) is 2.95. The molecular weight excluding hydrogens is 282 g/mol. The number of carboxylic acid groups (broad SMARTS) is 1. The predicted octanol–water partition coefficient (Wildman–Crippen LogP) is 3.67. The van der Waals surface area contributed by atoms with E-state index in [4.69, 9.17) is 9.84 Å². The summed E-state index contributed by atoms with van der Waals surface area (Å²) < 4.78 is 5.29. The highest BCUT2D eigenvalue weighted by atomic mass is 16.6. The van der Waals surface area contributed by atoms with Gasteiger partial charge in [-0.3, -0.25) is 9.69 Å². The maximum absolute atomic E-state index is 12.3. The Balaban J connectivity index is 2.38. The van der Waals surface area contributed by atoms with Gasteiger partial charge in [-0.05, 0) is 43.7 Å². The normalized spacial score (nSPS) is 11.2. The Hall–Kier alpha value is -2.56. The van der Waals surface area contributed by atoms with Gasteiger partial charge in [0.05, 0.1) is 0 Å². The van der Waals surface area contributed by atoms with Crippen LogP contribution in [0.3, 0.4) is 0 Å². The zero-order valence-corrected chi connectivity index (χ0v) is 12.9. The summed E-state index contributed by atoms with van der Waals surface area (Å²) >= 11 is 0. The molecule has 0 radical (unpaired) electrons. The molecular formula is C17H19NO4. The van der Waals surface area contributed by atoms with Crippen molar-refractivity contribution in [2.45, 2.75) is 26.4 Å². The molecule has 0 heterocycles. The van der Waals surface area contributed by atoms with Crippen LogP contribution in [0.25, 0.3) is 10.8 Å². The predicted molar refractivity (Wildman–Crippen MR) is 85.2 cm³/mol. The number of carbonyl (C=O) groups is 2. The molecule has 0 saturated carbocycles. The van der Waals surface area contributed by atoms with Gasteiger partial charge in [-0.2, -0.15) is 0 Å². The summed E-state index contributed by atoms with van der Waals surface area (Å²) in [6, 6.07) is 13.0. The quantitative estimate of drug-likeness (QED) is 0.939. The molecule has 1 amide bonds. The molecule has 0 aromatic heterocycles. The van der Waals surface area contributed by atoms with Gasteiger partial charge in [0.15, 0.2) is 0 Å². The number of anilines is 1. The van der Waals surface area contributed by atoms with E-state index < -0.39 is 24.2 Å². The van der Waals surface area contributed by atoms with Crippen LogP contribution in [0.5, 0.6) is 0 Å². The van der Waals surface area contributed by atoms with Crippen molar-refractivity contribution in [2.24, 2.45) is 0 Å². The molecule has 2 aromatic rings. The molecule has 5 nitrogen and oxygen atoms in total. The second-order valence-electron chi connectivity index (χ2n) is 5.99. The van der Waals surface area contributed by atoms with E-state index in [0.717, 1.165) is 15.7 Å². The SMILES string of the molecule is CC(C)(C)OC(=O)N(CC(=O)O)c1ccc2ccccc2c1. The molecule has 0 aliphatic rings. The Morgan fingerprint density at radius 1 is 1.09 bits per heavy atom. The lowest BCUT2D eigenvalue weighted by atomic mass is 10.1. The molecule has 1 N–H and O–H groups in total. The fourth-order valence-electron chi connectivity index (χ4n) is 2.06. The van der Waals surface area contributed by atoms with Gasteiger partial charge in [-0.25, -0.2) is 4.79 Å². The van der Waals surface area contributed by atoms with Gasteiger partial charge in [0.25, 0.3) is 0 Å². The standard InChI is InChI=1S/C17H19NO4/c1-17(2,3)22-16(21)18(11-15(19)20)14-9-8-12-6-4-5-7-13(12)10-14/h4-10H,11H2,1-3H3,(H,19,20). The Morgan fingerprint density at radius 2 is 1.73 bits per heavy atom. The van der Waals surface area contributed by atoms with Crippen LogP contribution < -0.4 is 4.90 Å². The van der Waals surface area contributed by atoms with Crippen molar-refractivity contribution in [2.75, 3.05) is 11.4 Å². The summed E-state index contributed by atoms with van der Waals surface area (Å²) in [7, 11) is 0. The zero-order chi connectivity index (χ0) is 16.3. The molecule has 0 aliphatic heterocycles. The van der Waals surface area contributed by atoms with Crippen LogP contribution in [0, 0.1) is 0 Å². The Kier molecular flexibility index (Phi) is 4.35. The van der Waals surface area contributed by atoms with Crippen molar-refractivity contribution in [1.82, 2.24) is 0 Å². The number of aliphatic carboxylic acids is 1.